The maximum absolute atomic E-state index is 5.86. The van der Waals surface area contributed by atoms with Gasteiger partial charge in [-0.05, 0) is 49.9 Å². The highest BCUT2D eigenvalue weighted by atomic mass is 79.9. The van der Waals surface area contributed by atoms with Gasteiger partial charge in [-0.25, -0.2) is 0 Å². The van der Waals surface area contributed by atoms with E-state index in [0.717, 1.165) is 31.4 Å². The van der Waals surface area contributed by atoms with Gasteiger partial charge < -0.3 is 10.1 Å². The van der Waals surface area contributed by atoms with Crippen molar-refractivity contribution in [2.75, 3.05) is 19.7 Å². The summed E-state index contributed by atoms with van der Waals surface area (Å²) in [5, 5.41) is 3.79. The van der Waals surface area contributed by atoms with Crippen molar-refractivity contribution in [3.05, 3.63) is 27.7 Å². The molecule has 2 aliphatic heterocycles. The number of halogens is 1. The molecule has 1 unspecified atom stereocenters. The van der Waals surface area contributed by atoms with Crippen molar-refractivity contribution in [2.45, 2.75) is 50.7 Å². The van der Waals surface area contributed by atoms with Gasteiger partial charge in [0.1, 0.15) is 5.75 Å². The van der Waals surface area contributed by atoms with E-state index in [0.29, 0.717) is 6.04 Å². The summed E-state index contributed by atoms with van der Waals surface area (Å²) in [7, 11) is 0. The average Bonchev–Trinajstić information content (AvgIpc) is 3.14. The molecule has 4 rings (SSSR count). The normalized spacial score (nSPS) is 25.7. The Morgan fingerprint density at radius 3 is 3.00 bits per heavy atom. The summed E-state index contributed by atoms with van der Waals surface area (Å²) in [4.78, 5) is 2.59. The van der Waals surface area contributed by atoms with Gasteiger partial charge in [0.15, 0.2) is 0 Å². The van der Waals surface area contributed by atoms with Gasteiger partial charge in [-0.3, -0.25) is 4.90 Å². The van der Waals surface area contributed by atoms with E-state index < -0.39 is 0 Å². The molecule has 1 saturated carbocycles. The second-order valence-electron chi connectivity index (χ2n) is 6.67. The zero-order valence-electron chi connectivity index (χ0n) is 12.4. The largest absolute Gasteiger partial charge is 0.493 e. The van der Waals surface area contributed by atoms with E-state index in [1.54, 1.807) is 0 Å². The lowest BCUT2D eigenvalue weighted by Crippen LogP contribution is -2.46. The predicted octanol–water partition coefficient (Wildman–Crippen LogP) is 3.10. The van der Waals surface area contributed by atoms with Crippen molar-refractivity contribution in [3.8, 4) is 5.75 Å². The zero-order chi connectivity index (χ0) is 14.2. The number of nitrogens with one attached hydrogen (secondary N) is 1. The molecule has 0 spiro atoms. The Balaban J connectivity index is 1.45. The first kappa shape index (κ1) is 14.0. The molecule has 1 atom stereocenters. The van der Waals surface area contributed by atoms with Crippen LogP contribution in [0.4, 0.5) is 0 Å². The van der Waals surface area contributed by atoms with E-state index in [4.69, 9.17) is 4.74 Å². The Labute approximate surface area is 135 Å². The molecule has 2 fully saturated rings. The van der Waals surface area contributed by atoms with Crippen LogP contribution in [0.2, 0.25) is 0 Å². The van der Waals surface area contributed by atoms with E-state index >= 15 is 0 Å². The Hall–Kier alpha value is -0.580. The summed E-state index contributed by atoms with van der Waals surface area (Å²) in [5.41, 5.74) is 2.72. The fourth-order valence-electron chi connectivity index (χ4n) is 3.62. The van der Waals surface area contributed by atoms with Crippen LogP contribution in [-0.4, -0.2) is 36.7 Å². The molecule has 1 aliphatic carbocycles. The van der Waals surface area contributed by atoms with E-state index in [9.17, 15) is 0 Å². The van der Waals surface area contributed by atoms with Gasteiger partial charge in [-0.1, -0.05) is 15.9 Å². The summed E-state index contributed by atoms with van der Waals surface area (Å²) in [6.07, 6.45) is 6.45. The lowest BCUT2D eigenvalue weighted by atomic mass is 10.0. The molecule has 1 aromatic rings. The molecule has 1 N–H and O–H groups in total. The molecule has 114 valence electrons. The van der Waals surface area contributed by atoms with Crippen LogP contribution in [0.1, 0.15) is 36.8 Å². The quantitative estimate of drug-likeness (QED) is 0.902. The molecule has 1 aromatic carbocycles. The molecule has 1 saturated heterocycles. The third kappa shape index (κ3) is 3.27. The zero-order valence-corrected chi connectivity index (χ0v) is 14.0. The molecule has 4 heteroatoms. The maximum atomic E-state index is 5.86. The second-order valence-corrected chi connectivity index (χ2v) is 7.58. The van der Waals surface area contributed by atoms with Crippen molar-refractivity contribution in [1.29, 1.82) is 0 Å². The van der Waals surface area contributed by atoms with Crippen molar-refractivity contribution in [1.82, 2.24) is 10.2 Å². The number of hydrogen-bond donors (Lipinski definition) is 1. The van der Waals surface area contributed by atoms with Gasteiger partial charge >= 0.3 is 0 Å². The van der Waals surface area contributed by atoms with Crippen LogP contribution in [0.5, 0.6) is 5.75 Å². The first-order valence-corrected chi connectivity index (χ1v) is 9.00. The molecule has 0 radical (unpaired) electrons. The highest BCUT2D eigenvalue weighted by molar-refractivity contribution is 9.10. The lowest BCUT2D eigenvalue weighted by Gasteiger charge is -2.33. The molecule has 21 heavy (non-hydrogen) atoms. The Kier molecular flexibility index (Phi) is 3.94. The SMILES string of the molecule is Brc1cc2c(c(CN3CCCC(NC4CC4)C3)c1)OCC2. The van der Waals surface area contributed by atoms with Crippen LogP contribution in [-0.2, 0) is 13.0 Å². The second kappa shape index (κ2) is 5.90. The smallest absolute Gasteiger partial charge is 0.127 e. The van der Waals surface area contributed by atoms with Gasteiger partial charge in [-0.15, -0.1) is 0 Å². The number of likely N-dealkylation sites (tertiary alicyclic amines) is 1. The highest BCUT2D eigenvalue weighted by Gasteiger charge is 2.28. The number of benzene rings is 1. The number of rotatable bonds is 4. The van der Waals surface area contributed by atoms with Crippen LogP contribution in [0, 0.1) is 0 Å². The van der Waals surface area contributed by atoms with Gasteiger partial charge in [0, 0.05) is 41.6 Å². The minimum atomic E-state index is 0.687. The van der Waals surface area contributed by atoms with Crippen LogP contribution >= 0.6 is 15.9 Å². The van der Waals surface area contributed by atoms with Crippen LogP contribution < -0.4 is 10.1 Å². The van der Waals surface area contributed by atoms with Gasteiger partial charge in [-0.2, -0.15) is 0 Å². The predicted molar refractivity (Wildman–Crippen MR) is 87.8 cm³/mol. The third-order valence-electron chi connectivity index (χ3n) is 4.77. The summed E-state index contributed by atoms with van der Waals surface area (Å²) < 4.78 is 7.05. The highest BCUT2D eigenvalue weighted by Crippen LogP contribution is 2.34. The standard InChI is InChI=1S/C17H23BrN2O/c18-14-8-12-5-7-21-17(12)13(9-14)10-20-6-1-2-16(11-20)19-15-3-4-15/h8-9,15-16,19H,1-7,10-11H2. The van der Waals surface area contributed by atoms with Crippen molar-refractivity contribution < 1.29 is 4.74 Å². The van der Waals surface area contributed by atoms with Gasteiger partial charge in [0.25, 0.3) is 0 Å². The fraction of sp³-hybridized carbons (Fsp3) is 0.647. The number of ether oxygens (including phenoxy) is 1. The Morgan fingerprint density at radius 1 is 1.24 bits per heavy atom. The number of fused-ring (bicyclic) bond motifs is 1. The monoisotopic (exact) mass is 350 g/mol. The average molecular weight is 351 g/mol. The molecule has 3 aliphatic rings. The molecule has 2 heterocycles. The van der Waals surface area contributed by atoms with E-state index in [-0.39, 0.29) is 0 Å². The van der Waals surface area contributed by atoms with E-state index in [1.165, 1.54) is 54.4 Å². The molecule has 3 nitrogen and oxygen atoms in total. The van der Waals surface area contributed by atoms with Crippen molar-refractivity contribution in [3.63, 3.8) is 0 Å². The Morgan fingerprint density at radius 2 is 2.14 bits per heavy atom. The minimum Gasteiger partial charge on any atom is -0.493 e. The van der Waals surface area contributed by atoms with E-state index in [1.807, 2.05) is 0 Å². The van der Waals surface area contributed by atoms with Crippen LogP contribution in [0.25, 0.3) is 0 Å². The topological polar surface area (TPSA) is 24.5 Å². The van der Waals surface area contributed by atoms with Crippen LogP contribution in [0.3, 0.4) is 0 Å². The molecule has 0 bridgehead atoms. The number of hydrogen-bond acceptors (Lipinski definition) is 3. The molecular weight excluding hydrogens is 328 g/mol. The number of nitrogens with zero attached hydrogens (tertiary/aromatic N) is 1. The summed E-state index contributed by atoms with van der Waals surface area (Å²) in [5.74, 6) is 1.15. The molecule has 0 aromatic heterocycles. The molecular formula is C17H23BrN2O. The maximum Gasteiger partial charge on any atom is 0.127 e. The summed E-state index contributed by atoms with van der Waals surface area (Å²) in [6.45, 7) is 4.25. The van der Waals surface area contributed by atoms with Crippen LogP contribution in [0.15, 0.2) is 16.6 Å². The fourth-order valence-corrected chi connectivity index (χ4v) is 4.18. The van der Waals surface area contributed by atoms with E-state index in [2.05, 4.69) is 38.3 Å². The number of piperidine rings is 1. The van der Waals surface area contributed by atoms with Crippen molar-refractivity contribution >= 4 is 15.9 Å². The van der Waals surface area contributed by atoms with Gasteiger partial charge in [0.05, 0.1) is 6.61 Å². The van der Waals surface area contributed by atoms with Crippen molar-refractivity contribution in [2.24, 2.45) is 0 Å². The van der Waals surface area contributed by atoms with Gasteiger partial charge in [0.2, 0.25) is 0 Å². The molecule has 0 amide bonds. The first-order valence-electron chi connectivity index (χ1n) is 8.20. The lowest BCUT2D eigenvalue weighted by molar-refractivity contribution is 0.180. The minimum absolute atomic E-state index is 0.687. The third-order valence-corrected chi connectivity index (χ3v) is 5.23. The summed E-state index contributed by atoms with van der Waals surface area (Å²) in [6, 6.07) is 5.95. The Bertz CT molecular complexity index is 530. The summed E-state index contributed by atoms with van der Waals surface area (Å²) >= 11 is 3.65. The first-order chi connectivity index (χ1) is 10.3.